The normalized spacial score (nSPS) is 16.2. The fourth-order valence-corrected chi connectivity index (χ4v) is 2.78. The van der Waals surface area contributed by atoms with Gasteiger partial charge < -0.3 is 9.97 Å². The van der Waals surface area contributed by atoms with Gasteiger partial charge in [0.15, 0.2) is 0 Å². The van der Waals surface area contributed by atoms with Crippen LogP contribution in [0.5, 0.6) is 0 Å². The van der Waals surface area contributed by atoms with Crippen LogP contribution in [-0.2, 0) is 0 Å². The molecular weight excluding hydrogens is 244 g/mol. The van der Waals surface area contributed by atoms with Gasteiger partial charge >= 0.3 is 0 Å². The molecule has 0 saturated heterocycles. The molecule has 5 rings (SSSR count). The van der Waals surface area contributed by atoms with E-state index in [-0.39, 0.29) is 36.3 Å². The summed E-state index contributed by atoms with van der Waals surface area (Å²) in [7, 11) is 0. The minimum atomic E-state index is 0.00608. The molecule has 2 aromatic heterocycles. The molecule has 0 aliphatic carbocycles. The number of nitrogens with one attached hydrogen (secondary N) is 2. The van der Waals surface area contributed by atoms with E-state index in [2.05, 4.69) is 9.97 Å². The fourth-order valence-electron chi connectivity index (χ4n) is 2.78. The van der Waals surface area contributed by atoms with Crippen LogP contribution in [0.3, 0.4) is 0 Å². The van der Waals surface area contributed by atoms with Crippen LogP contribution in [0.4, 0.5) is 0 Å². The smallest absolute Gasteiger partial charge is 0.0710 e. The molecule has 2 nitrogen and oxygen atoms in total. The Morgan fingerprint density at radius 3 is 1.65 bits per heavy atom. The molecule has 0 aliphatic heterocycles. The average molecular weight is 262 g/mol. The Balaban J connectivity index is 2.13. The van der Waals surface area contributed by atoms with Gasteiger partial charge in [-0.1, -0.05) is 48.4 Å². The first-order valence-corrected chi connectivity index (χ1v) is 6.31. The van der Waals surface area contributed by atoms with Crippen molar-refractivity contribution in [3.63, 3.8) is 0 Å². The van der Waals surface area contributed by atoms with E-state index in [1.54, 1.807) is 12.1 Å². The molecule has 0 fully saturated rings. The molecule has 2 heterocycles. The van der Waals surface area contributed by atoms with Gasteiger partial charge in [-0.2, -0.15) is 0 Å². The summed E-state index contributed by atoms with van der Waals surface area (Å²) in [5.74, 6) is 0. The SMILES string of the molecule is [2H]c1cc([2H])c2[nH]c3c4[nH]c5c([2H])cc([2H])cc5c4c([2H])c([2H])c3c2c1. The van der Waals surface area contributed by atoms with Gasteiger partial charge in [-0.25, -0.2) is 0 Å². The maximum atomic E-state index is 8.49. The van der Waals surface area contributed by atoms with E-state index in [1.807, 2.05) is 0 Å². The molecule has 0 radical (unpaired) electrons. The lowest BCUT2D eigenvalue weighted by atomic mass is 10.1. The molecule has 94 valence electrons. The number of hydrogen-bond donors (Lipinski definition) is 2. The van der Waals surface area contributed by atoms with Crippen molar-refractivity contribution in [2.45, 2.75) is 0 Å². The predicted molar refractivity (Wildman–Crippen MR) is 85.2 cm³/mol. The Morgan fingerprint density at radius 2 is 1.15 bits per heavy atom. The maximum Gasteiger partial charge on any atom is 0.0710 e. The summed E-state index contributed by atoms with van der Waals surface area (Å²) in [6, 6.07) is 6.74. The molecule has 5 aromatic rings. The number of H-pyrrole nitrogens is 2. The molecule has 3 aromatic carbocycles. The number of aromatic nitrogens is 2. The fraction of sp³-hybridized carbons (Fsp3) is 0. The highest BCUT2D eigenvalue weighted by Crippen LogP contribution is 2.34. The monoisotopic (exact) mass is 262 g/mol. The van der Waals surface area contributed by atoms with E-state index < -0.39 is 0 Å². The van der Waals surface area contributed by atoms with Gasteiger partial charge in [0, 0.05) is 32.6 Å². The summed E-state index contributed by atoms with van der Waals surface area (Å²) in [5, 5.41) is 2.13. The lowest BCUT2D eigenvalue weighted by molar-refractivity contribution is 1.51. The zero-order chi connectivity index (χ0) is 18.3. The Bertz CT molecular complexity index is 1290. The predicted octanol–water partition coefficient (Wildman–Crippen LogP) is 4.96. The molecule has 0 aliphatic rings. The van der Waals surface area contributed by atoms with Crippen molar-refractivity contribution in [3.05, 3.63) is 60.5 Å². The van der Waals surface area contributed by atoms with Crippen LogP contribution in [-0.4, -0.2) is 9.97 Å². The third kappa shape index (κ3) is 1.14. The van der Waals surface area contributed by atoms with Gasteiger partial charge in [0.05, 0.1) is 19.3 Å². The zero-order valence-electron chi connectivity index (χ0n) is 16.3. The third-order valence-corrected chi connectivity index (χ3v) is 3.69. The highest BCUT2D eigenvalue weighted by atomic mass is 14.8. The Kier molecular flexibility index (Phi) is 1.05. The summed E-state index contributed by atoms with van der Waals surface area (Å²) in [4.78, 5) is 6.33. The van der Waals surface area contributed by atoms with Crippen LogP contribution in [0, 0.1) is 0 Å². The second kappa shape index (κ2) is 3.42. The van der Waals surface area contributed by atoms with Gasteiger partial charge in [0.25, 0.3) is 0 Å². The van der Waals surface area contributed by atoms with Gasteiger partial charge in [0.1, 0.15) is 0 Å². The van der Waals surface area contributed by atoms with Crippen LogP contribution in [0.15, 0.2) is 60.5 Å². The minimum absolute atomic E-state index is 0.00608. The molecule has 2 N–H and O–H groups in total. The third-order valence-electron chi connectivity index (χ3n) is 3.69. The van der Waals surface area contributed by atoms with Gasteiger partial charge in [-0.3, -0.25) is 0 Å². The van der Waals surface area contributed by atoms with E-state index >= 15 is 0 Å². The van der Waals surface area contributed by atoms with Crippen molar-refractivity contribution in [1.82, 2.24) is 9.97 Å². The quantitative estimate of drug-likeness (QED) is 0.395. The summed E-state index contributed by atoms with van der Waals surface area (Å²) in [6.07, 6.45) is 0. The first-order valence-electron chi connectivity index (χ1n) is 9.31. The van der Waals surface area contributed by atoms with Gasteiger partial charge in [-0.05, 0) is 12.1 Å². The van der Waals surface area contributed by atoms with Crippen molar-refractivity contribution in [2.24, 2.45) is 0 Å². The molecule has 2 heteroatoms. The minimum Gasteiger partial charge on any atom is -0.353 e. The lowest BCUT2D eigenvalue weighted by Gasteiger charge is -1.94. The van der Waals surface area contributed by atoms with E-state index in [0.29, 0.717) is 43.6 Å². The number of aromatic amines is 2. The van der Waals surface area contributed by atoms with Crippen LogP contribution in [0.1, 0.15) is 8.22 Å². The van der Waals surface area contributed by atoms with Gasteiger partial charge in [-0.15, -0.1) is 0 Å². The summed E-state index contributed by atoms with van der Waals surface area (Å²) < 4.78 is 48.9. The van der Waals surface area contributed by atoms with Crippen LogP contribution in [0.2, 0.25) is 0 Å². The molecule has 0 spiro atoms. The molecule has 0 atom stereocenters. The van der Waals surface area contributed by atoms with E-state index in [0.717, 1.165) is 0 Å². The van der Waals surface area contributed by atoms with Crippen molar-refractivity contribution < 1.29 is 8.22 Å². The first-order chi connectivity index (χ1) is 12.4. The van der Waals surface area contributed by atoms with Crippen molar-refractivity contribution in [2.75, 3.05) is 0 Å². The Labute approximate surface area is 123 Å². The average Bonchev–Trinajstić information content (AvgIpc) is 3.12. The second-order valence-electron chi connectivity index (χ2n) is 4.78. The van der Waals surface area contributed by atoms with Crippen LogP contribution in [0.25, 0.3) is 43.6 Å². The molecule has 0 amide bonds. The number of para-hydroxylation sites is 2. The maximum absolute atomic E-state index is 8.49. The summed E-state index contributed by atoms with van der Waals surface area (Å²) >= 11 is 0. The number of fused-ring (bicyclic) bond motifs is 7. The van der Waals surface area contributed by atoms with E-state index in [4.69, 9.17) is 8.22 Å². The summed E-state index contributed by atoms with van der Waals surface area (Å²) in [6.45, 7) is 0. The van der Waals surface area contributed by atoms with Crippen molar-refractivity contribution in [3.8, 4) is 0 Å². The Morgan fingerprint density at radius 1 is 0.650 bits per heavy atom. The Hall–Kier alpha value is -2.74. The topological polar surface area (TPSA) is 31.6 Å². The molecular formula is C18H12N2. The number of rotatable bonds is 0. The summed E-state index contributed by atoms with van der Waals surface area (Å²) in [5.41, 5.74) is 2.19. The highest BCUT2D eigenvalue weighted by Gasteiger charge is 2.10. The first kappa shape index (κ1) is 6.14. The molecule has 0 bridgehead atoms. The van der Waals surface area contributed by atoms with Gasteiger partial charge in [0.2, 0.25) is 0 Å². The molecule has 20 heavy (non-hydrogen) atoms. The van der Waals surface area contributed by atoms with E-state index in [1.165, 1.54) is 12.1 Å². The van der Waals surface area contributed by atoms with Crippen molar-refractivity contribution >= 4 is 43.6 Å². The molecule has 0 unspecified atom stereocenters. The standard InChI is InChI=1S/C18H12N2/c1-3-7-15-11(5-1)13-9-10-14-12-6-2-4-8-16(12)20-18(14)17(13)19-15/h1-10,19-20H/i1D,2D,7D,8D,9D,10D. The van der Waals surface area contributed by atoms with Crippen LogP contribution < -0.4 is 0 Å². The van der Waals surface area contributed by atoms with Crippen LogP contribution >= 0.6 is 0 Å². The number of benzene rings is 3. The number of hydrogen-bond acceptors (Lipinski definition) is 0. The lowest BCUT2D eigenvalue weighted by Crippen LogP contribution is -1.72. The zero-order valence-corrected chi connectivity index (χ0v) is 10.3. The highest BCUT2D eigenvalue weighted by molar-refractivity contribution is 6.21. The van der Waals surface area contributed by atoms with E-state index in [9.17, 15) is 0 Å². The second-order valence-corrected chi connectivity index (χ2v) is 4.78. The largest absolute Gasteiger partial charge is 0.353 e. The molecule has 0 saturated carbocycles. The van der Waals surface area contributed by atoms with Crippen molar-refractivity contribution in [1.29, 1.82) is 0 Å².